The van der Waals surface area contributed by atoms with Gasteiger partial charge in [-0.2, -0.15) is 0 Å². The van der Waals surface area contributed by atoms with E-state index >= 15 is 0 Å². The van der Waals surface area contributed by atoms with Crippen molar-refractivity contribution in [2.45, 2.75) is 26.8 Å². The molecule has 0 spiro atoms. The Labute approximate surface area is 234 Å². The topological polar surface area (TPSA) is 115 Å². The maximum atomic E-state index is 13.8. The summed E-state index contributed by atoms with van der Waals surface area (Å²) in [5.41, 5.74) is 1.75. The molecule has 1 aliphatic rings. The molecule has 0 N–H and O–H groups in total. The van der Waals surface area contributed by atoms with E-state index in [0.717, 1.165) is 5.56 Å². The summed E-state index contributed by atoms with van der Waals surface area (Å²) in [4.78, 5) is 43.7. The zero-order chi connectivity index (χ0) is 28.8. The van der Waals surface area contributed by atoms with Crippen molar-refractivity contribution in [1.82, 2.24) is 4.57 Å². The van der Waals surface area contributed by atoms with Gasteiger partial charge in [-0.25, -0.2) is 14.6 Å². The van der Waals surface area contributed by atoms with Gasteiger partial charge in [0.25, 0.3) is 5.56 Å². The van der Waals surface area contributed by atoms with E-state index in [9.17, 15) is 14.4 Å². The van der Waals surface area contributed by atoms with Crippen LogP contribution >= 0.6 is 11.3 Å². The largest absolute Gasteiger partial charge is 0.497 e. The first-order valence-electron chi connectivity index (χ1n) is 12.6. The summed E-state index contributed by atoms with van der Waals surface area (Å²) in [5, 5.41) is 0. The van der Waals surface area contributed by atoms with E-state index in [4.69, 9.17) is 18.9 Å². The number of ether oxygens (including phenoxy) is 5. The SMILES string of the molecule is CCOC(=O)C1=C(C)N=c2s/c(=C\c3cccc(OC)c3)c(=O)n2[C@H]1c1ccc(OCC(=O)OC)c(OCC)c1. The number of thiazole rings is 1. The predicted octanol–water partition coefficient (Wildman–Crippen LogP) is 2.76. The Morgan fingerprint density at radius 1 is 1.05 bits per heavy atom. The average molecular weight is 567 g/mol. The number of fused-ring (bicyclic) bond motifs is 1. The van der Waals surface area contributed by atoms with Crippen molar-refractivity contribution >= 4 is 29.4 Å². The van der Waals surface area contributed by atoms with Gasteiger partial charge >= 0.3 is 11.9 Å². The first-order valence-corrected chi connectivity index (χ1v) is 13.4. The number of carbonyl (C=O) groups is 2. The standard InChI is InChI=1S/C29H30N2O8S/c1-6-37-22-15-19(11-12-21(22)39-16-24(32)36-5)26-25(28(34)38-7-2)17(3)30-29-31(26)27(33)23(40-29)14-18-9-8-10-20(13-18)35-4/h8-15,26H,6-7,16H2,1-5H3/b23-14-/t26-/m0/s1. The third-order valence-corrected chi connectivity index (χ3v) is 7.05. The van der Waals surface area contributed by atoms with Crippen LogP contribution in [-0.4, -0.2) is 50.5 Å². The molecule has 0 amide bonds. The van der Waals surface area contributed by atoms with Crippen molar-refractivity contribution in [2.24, 2.45) is 4.99 Å². The molecule has 4 rings (SSSR count). The molecule has 0 fully saturated rings. The van der Waals surface area contributed by atoms with Crippen LogP contribution in [0.2, 0.25) is 0 Å². The number of benzene rings is 2. The van der Waals surface area contributed by atoms with E-state index in [2.05, 4.69) is 9.73 Å². The maximum absolute atomic E-state index is 13.8. The Morgan fingerprint density at radius 3 is 2.55 bits per heavy atom. The third kappa shape index (κ3) is 5.94. The van der Waals surface area contributed by atoms with Gasteiger partial charge in [-0.15, -0.1) is 0 Å². The van der Waals surface area contributed by atoms with Crippen molar-refractivity contribution in [3.63, 3.8) is 0 Å². The molecule has 3 aromatic rings. The molecular formula is C29H30N2O8S. The lowest BCUT2D eigenvalue weighted by Gasteiger charge is -2.25. The van der Waals surface area contributed by atoms with Crippen LogP contribution in [0, 0.1) is 0 Å². The van der Waals surface area contributed by atoms with Gasteiger partial charge in [0.15, 0.2) is 22.9 Å². The highest BCUT2D eigenvalue weighted by molar-refractivity contribution is 7.07. The zero-order valence-electron chi connectivity index (χ0n) is 22.9. The van der Waals surface area contributed by atoms with Crippen LogP contribution in [0.1, 0.15) is 37.9 Å². The second-order valence-corrected chi connectivity index (χ2v) is 9.59. The summed E-state index contributed by atoms with van der Waals surface area (Å²) < 4.78 is 28.7. The van der Waals surface area contributed by atoms with Crippen LogP contribution < -0.4 is 29.1 Å². The van der Waals surface area contributed by atoms with Gasteiger partial charge in [0.05, 0.1) is 49.3 Å². The highest BCUT2D eigenvalue weighted by Crippen LogP contribution is 2.36. The molecule has 2 aromatic carbocycles. The summed E-state index contributed by atoms with van der Waals surface area (Å²) >= 11 is 1.22. The van der Waals surface area contributed by atoms with Gasteiger partial charge in [0, 0.05) is 0 Å². The van der Waals surface area contributed by atoms with Crippen molar-refractivity contribution < 1.29 is 33.3 Å². The molecule has 2 heterocycles. The molecular weight excluding hydrogens is 536 g/mol. The van der Waals surface area contributed by atoms with Crippen molar-refractivity contribution in [1.29, 1.82) is 0 Å². The molecule has 0 bridgehead atoms. The van der Waals surface area contributed by atoms with E-state index < -0.39 is 18.0 Å². The fourth-order valence-corrected chi connectivity index (χ4v) is 5.31. The fraction of sp³-hybridized carbons (Fsp3) is 0.310. The first kappa shape index (κ1) is 28.6. The summed E-state index contributed by atoms with van der Waals surface area (Å²) in [6, 6.07) is 11.6. The lowest BCUT2D eigenvalue weighted by Crippen LogP contribution is -2.40. The third-order valence-electron chi connectivity index (χ3n) is 6.07. The fourth-order valence-electron chi connectivity index (χ4n) is 4.27. The number of allylic oxidation sites excluding steroid dienone is 1. The van der Waals surface area contributed by atoms with Crippen LogP contribution in [0.4, 0.5) is 0 Å². The molecule has 0 aliphatic carbocycles. The van der Waals surface area contributed by atoms with E-state index in [1.807, 2.05) is 31.2 Å². The Balaban J connectivity index is 1.89. The van der Waals surface area contributed by atoms with Gasteiger partial charge in [-0.3, -0.25) is 9.36 Å². The van der Waals surface area contributed by atoms with Crippen molar-refractivity contribution in [3.05, 3.63) is 84.5 Å². The van der Waals surface area contributed by atoms with Crippen LogP contribution in [0.15, 0.2) is 63.5 Å². The quantitative estimate of drug-likeness (QED) is 0.344. The number of carbonyl (C=O) groups excluding carboxylic acids is 2. The number of hydrogen-bond donors (Lipinski definition) is 0. The molecule has 10 nitrogen and oxygen atoms in total. The van der Waals surface area contributed by atoms with Gasteiger partial charge < -0.3 is 23.7 Å². The van der Waals surface area contributed by atoms with Gasteiger partial charge in [0.1, 0.15) is 5.75 Å². The lowest BCUT2D eigenvalue weighted by atomic mass is 9.95. The smallest absolute Gasteiger partial charge is 0.343 e. The van der Waals surface area contributed by atoms with Gasteiger partial charge in [-0.05, 0) is 62.2 Å². The van der Waals surface area contributed by atoms with Crippen LogP contribution in [0.5, 0.6) is 17.2 Å². The highest BCUT2D eigenvalue weighted by Gasteiger charge is 2.34. The van der Waals surface area contributed by atoms with E-state index in [-0.39, 0.29) is 24.3 Å². The Kier molecular flexibility index (Phi) is 9.05. The summed E-state index contributed by atoms with van der Waals surface area (Å²) in [6.45, 7) is 5.42. The summed E-state index contributed by atoms with van der Waals surface area (Å²) in [5.74, 6) is 0.218. The van der Waals surface area contributed by atoms with Crippen molar-refractivity contribution in [3.8, 4) is 17.2 Å². The minimum absolute atomic E-state index is 0.160. The molecule has 1 aromatic heterocycles. The molecule has 1 aliphatic heterocycles. The number of aromatic nitrogens is 1. The summed E-state index contributed by atoms with van der Waals surface area (Å²) in [7, 11) is 2.85. The zero-order valence-corrected chi connectivity index (χ0v) is 23.7. The second-order valence-electron chi connectivity index (χ2n) is 8.58. The van der Waals surface area contributed by atoms with Crippen LogP contribution in [0.25, 0.3) is 6.08 Å². The Hall–Kier alpha value is -4.38. The maximum Gasteiger partial charge on any atom is 0.343 e. The minimum Gasteiger partial charge on any atom is -0.497 e. The molecule has 0 saturated carbocycles. The van der Waals surface area contributed by atoms with E-state index in [1.54, 1.807) is 45.2 Å². The number of nitrogens with zero attached hydrogens (tertiary/aromatic N) is 2. The molecule has 210 valence electrons. The van der Waals surface area contributed by atoms with Gasteiger partial charge in [0.2, 0.25) is 0 Å². The van der Waals surface area contributed by atoms with Crippen LogP contribution in [-0.2, 0) is 19.1 Å². The van der Waals surface area contributed by atoms with Crippen molar-refractivity contribution in [2.75, 3.05) is 34.0 Å². The van der Waals surface area contributed by atoms with E-state index in [0.29, 0.717) is 44.4 Å². The number of methoxy groups -OCH3 is 2. The number of rotatable bonds is 10. The second kappa shape index (κ2) is 12.6. The number of esters is 2. The monoisotopic (exact) mass is 566 g/mol. The van der Waals surface area contributed by atoms with Gasteiger partial charge in [-0.1, -0.05) is 29.5 Å². The normalized spacial score (nSPS) is 14.7. The molecule has 0 unspecified atom stereocenters. The minimum atomic E-state index is -0.836. The predicted molar refractivity (Wildman–Crippen MR) is 149 cm³/mol. The first-order chi connectivity index (χ1) is 19.3. The molecule has 11 heteroatoms. The summed E-state index contributed by atoms with van der Waals surface area (Å²) in [6.07, 6.45) is 1.77. The van der Waals surface area contributed by atoms with E-state index in [1.165, 1.54) is 23.0 Å². The molecule has 0 saturated heterocycles. The van der Waals surface area contributed by atoms with Crippen LogP contribution in [0.3, 0.4) is 0 Å². The molecule has 0 radical (unpaired) electrons. The lowest BCUT2D eigenvalue weighted by molar-refractivity contribution is -0.143. The number of hydrogen-bond acceptors (Lipinski definition) is 10. The Bertz CT molecular complexity index is 1640. The average Bonchev–Trinajstić information content (AvgIpc) is 3.25. The Morgan fingerprint density at radius 2 is 1.85 bits per heavy atom. The molecule has 40 heavy (non-hydrogen) atoms. The highest BCUT2D eigenvalue weighted by atomic mass is 32.1. The molecule has 1 atom stereocenters.